The van der Waals surface area contributed by atoms with Crippen LogP contribution >= 0.6 is 22.7 Å². The van der Waals surface area contributed by atoms with E-state index in [0.717, 1.165) is 5.56 Å². The molecule has 0 aliphatic heterocycles. The molecule has 2 N–H and O–H groups in total. The zero-order chi connectivity index (χ0) is 12.3. The van der Waals surface area contributed by atoms with Gasteiger partial charge in [0.25, 0.3) is 0 Å². The van der Waals surface area contributed by atoms with Crippen molar-refractivity contribution in [1.29, 1.82) is 0 Å². The van der Waals surface area contributed by atoms with E-state index in [1.54, 1.807) is 11.3 Å². The third-order valence-corrected chi connectivity index (χ3v) is 4.23. The SMILES string of the molecule is CC(NCc1ccsc1C(=O)O)c1ccsc1. The van der Waals surface area contributed by atoms with Crippen molar-refractivity contribution in [3.05, 3.63) is 44.3 Å². The van der Waals surface area contributed by atoms with Crippen LogP contribution in [0.3, 0.4) is 0 Å². The number of thiophene rings is 2. The summed E-state index contributed by atoms with van der Waals surface area (Å²) >= 11 is 2.94. The van der Waals surface area contributed by atoms with E-state index in [9.17, 15) is 4.79 Å². The number of carbonyl (C=O) groups is 1. The van der Waals surface area contributed by atoms with Gasteiger partial charge in [0.2, 0.25) is 0 Å². The quantitative estimate of drug-likeness (QED) is 0.873. The first kappa shape index (κ1) is 12.3. The van der Waals surface area contributed by atoms with Gasteiger partial charge in [-0.05, 0) is 46.3 Å². The van der Waals surface area contributed by atoms with Crippen LogP contribution in [0.25, 0.3) is 0 Å². The highest BCUT2D eigenvalue weighted by atomic mass is 32.1. The van der Waals surface area contributed by atoms with E-state index in [2.05, 4.69) is 23.7 Å². The molecule has 0 aliphatic rings. The number of carboxylic acid groups (broad SMARTS) is 1. The molecular weight excluding hydrogens is 254 g/mol. The van der Waals surface area contributed by atoms with Gasteiger partial charge in [-0.2, -0.15) is 11.3 Å². The molecule has 2 aromatic heterocycles. The van der Waals surface area contributed by atoms with Crippen molar-refractivity contribution >= 4 is 28.6 Å². The van der Waals surface area contributed by atoms with Crippen LogP contribution in [0.5, 0.6) is 0 Å². The van der Waals surface area contributed by atoms with E-state index in [1.807, 2.05) is 16.8 Å². The molecule has 0 saturated heterocycles. The monoisotopic (exact) mass is 267 g/mol. The second-order valence-electron chi connectivity index (χ2n) is 3.74. The summed E-state index contributed by atoms with van der Waals surface area (Å²) in [5, 5.41) is 18.3. The van der Waals surface area contributed by atoms with E-state index in [0.29, 0.717) is 11.4 Å². The Hall–Kier alpha value is -1.17. The summed E-state index contributed by atoms with van der Waals surface area (Å²) in [6, 6.07) is 4.18. The summed E-state index contributed by atoms with van der Waals surface area (Å²) in [5.74, 6) is -0.847. The second kappa shape index (κ2) is 5.44. The summed E-state index contributed by atoms with van der Waals surface area (Å²) in [6.07, 6.45) is 0. The van der Waals surface area contributed by atoms with Gasteiger partial charge >= 0.3 is 5.97 Å². The van der Waals surface area contributed by atoms with Gasteiger partial charge in [0, 0.05) is 12.6 Å². The molecule has 0 aliphatic carbocycles. The third kappa shape index (κ3) is 2.94. The molecule has 0 amide bonds. The average Bonchev–Trinajstić information content (AvgIpc) is 2.96. The van der Waals surface area contributed by atoms with Crippen molar-refractivity contribution in [3.63, 3.8) is 0 Å². The molecule has 2 rings (SSSR count). The van der Waals surface area contributed by atoms with E-state index >= 15 is 0 Å². The maximum absolute atomic E-state index is 10.9. The largest absolute Gasteiger partial charge is 0.477 e. The fraction of sp³-hybridized carbons (Fsp3) is 0.250. The van der Waals surface area contributed by atoms with Crippen molar-refractivity contribution in [2.45, 2.75) is 19.5 Å². The molecule has 2 aromatic rings. The predicted molar refractivity (Wildman–Crippen MR) is 70.9 cm³/mol. The number of aromatic carboxylic acids is 1. The Bertz CT molecular complexity index is 490. The Morgan fingerprint density at radius 1 is 1.47 bits per heavy atom. The second-order valence-corrected chi connectivity index (χ2v) is 5.44. The lowest BCUT2D eigenvalue weighted by Gasteiger charge is -2.12. The van der Waals surface area contributed by atoms with Crippen molar-refractivity contribution in [1.82, 2.24) is 5.32 Å². The van der Waals surface area contributed by atoms with Gasteiger partial charge in [-0.3, -0.25) is 0 Å². The van der Waals surface area contributed by atoms with Crippen LogP contribution in [0.15, 0.2) is 28.3 Å². The van der Waals surface area contributed by atoms with E-state index in [4.69, 9.17) is 5.11 Å². The van der Waals surface area contributed by atoms with Crippen LogP contribution in [0.2, 0.25) is 0 Å². The Labute approximate surface area is 108 Å². The smallest absolute Gasteiger partial charge is 0.346 e. The lowest BCUT2D eigenvalue weighted by molar-refractivity contribution is 0.0701. The number of carboxylic acids is 1. The molecule has 0 saturated carbocycles. The first-order valence-electron chi connectivity index (χ1n) is 5.23. The molecule has 1 atom stereocenters. The standard InChI is InChI=1S/C12H13NO2S2/c1-8(10-2-4-16-7-10)13-6-9-3-5-17-11(9)12(14)15/h2-5,7-8,13H,6H2,1H3,(H,14,15). The molecule has 2 heterocycles. The normalized spacial score (nSPS) is 12.5. The van der Waals surface area contributed by atoms with Crippen molar-refractivity contribution in [2.75, 3.05) is 0 Å². The molecule has 5 heteroatoms. The minimum atomic E-state index is -0.847. The average molecular weight is 267 g/mol. The highest BCUT2D eigenvalue weighted by Gasteiger charge is 2.12. The fourth-order valence-corrected chi connectivity index (χ4v) is 3.08. The maximum atomic E-state index is 10.9. The van der Waals surface area contributed by atoms with Crippen molar-refractivity contribution < 1.29 is 9.90 Å². The molecule has 0 spiro atoms. The lowest BCUT2D eigenvalue weighted by atomic mass is 10.1. The number of hydrogen-bond donors (Lipinski definition) is 2. The number of nitrogens with one attached hydrogen (secondary N) is 1. The third-order valence-electron chi connectivity index (χ3n) is 2.58. The van der Waals surface area contributed by atoms with Crippen molar-refractivity contribution in [2.24, 2.45) is 0 Å². The van der Waals surface area contributed by atoms with Crippen LogP contribution in [-0.4, -0.2) is 11.1 Å². The Balaban J connectivity index is 1.98. The Kier molecular flexibility index (Phi) is 3.93. The lowest BCUT2D eigenvalue weighted by Crippen LogP contribution is -2.18. The van der Waals surface area contributed by atoms with E-state index in [-0.39, 0.29) is 6.04 Å². The molecule has 1 unspecified atom stereocenters. The van der Waals surface area contributed by atoms with Gasteiger partial charge in [-0.25, -0.2) is 4.79 Å². The Morgan fingerprint density at radius 3 is 2.94 bits per heavy atom. The topological polar surface area (TPSA) is 49.3 Å². The highest BCUT2D eigenvalue weighted by molar-refractivity contribution is 7.12. The molecule has 3 nitrogen and oxygen atoms in total. The number of rotatable bonds is 5. The molecule has 0 fully saturated rings. The fourth-order valence-electron chi connectivity index (χ4n) is 1.56. The highest BCUT2D eigenvalue weighted by Crippen LogP contribution is 2.19. The molecule has 0 bridgehead atoms. The van der Waals surface area contributed by atoms with E-state index < -0.39 is 5.97 Å². The van der Waals surface area contributed by atoms with E-state index in [1.165, 1.54) is 16.9 Å². The molecule has 0 radical (unpaired) electrons. The predicted octanol–water partition coefficient (Wildman–Crippen LogP) is 3.36. The zero-order valence-corrected chi connectivity index (χ0v) is 11.0. The van der Waals surface area contributed by atoms with Crippen LogP contribution in [0.4, 0.5) is 0 Å². The van der Waals surface area contributed by atoms with Crippen LogP contribution < -0.4 is 5.32 Å². The van der Waals surface area contributed by atoms with Gasteiger partial charge in [0.1, 0.15) is 4.88 Å². The van der Waals surface area contributed by atoms with Gasteiger partial charge in [0.05, 0.1) is 0 Å². The van der Waals surface area contributed by atoms with Gasteiger partial charge in [-0.1, -0.05) is 0 Å². The van der Waals surface area contributed by atoms with Gasteiger partial charge < -0.3 is 10.4 Å². The molecule has 90 valence electrons. The van der Waals surface area contributed by atoms with Crippen LogP contribution in [0.1, 0.15) is 33.8 Å². The minimum Gasteiger partial charge on any atom is -0.477 e. The van der Waals surface area contributed by atoms with Crippen molar-refractivity contribution in [3.8, 4) is 0 Å². The van der Waals surface area contributed by atoms with Crippen LogP contribution in [0, 0.1) is 0 Å². The first-order chi connectivity index (χ1) is 8.18. The Morgan fingerprint density at radius 2 is 2.29 bits per heavy atom. The molecule has 0 aromatic carbocycles. The van der Waals surface area contributed by atoms with Gasteiger partial charge in [0.15, 0.2) is 0 Å². The summed E-state index contributed by atoms with van der Waals surface area (Å²) in [7, 11) is 0. The molecular formula is C12H13NO2S2. The minimum absolute atomic E-state index is 0.239. The van der Waals surface area contributed by atoms with Gasteiger partial charge in [-0.15, -0.1) is 11.3 Å². The summed E-state index contributed by atoms with van der Waals surface area (Å²) < 4.78 is 0. The first-order valence-corrected chi connectivity index (χ1v) is 7.06. The summed E-state index contributed by atoms with van der Waals surface area (Å²) in [6.45, 7) is 2.66. The molecule has 17 heavy (non-hydrogen) atoms. The van der Waals surface area contributed by atoms with Crippen LogP contribution in [-0.2, 0) is 6.54 Å². The zero-order valence-electron chi connectivity index (χ0n) is 9.34. The summed E-state index contributed by atoms with van der Waals surface area (Å²) in [4.78, 5) is 11.4. The maximum Gasteiger partial charge on any atom is 0.346 e. The summed E-state index contributed by atoms with van der Waals surface area (Å²) in [5.41, 5.74) is 2.09. The number of hydrogen-bond acceptors (Lipinski definition) is 4.